The van der Waals surface area contributed by atoms with Crippen molar-refractivity contribution in [3.05, 3.63) is 45.3 Å². The lowest BCUT2D eigenvalue weighted by molar-refractivity contribution is 0.0454. The first-order valence-corrected chi connectivity index (χ1v) is 9.11. The molecule has 0 saturated carbocycles. The highest BCUT2D eigenvalue weighted by atomic mass is 16.4. The summed E-state index contributed by atoms with van der Waals surface area (Å²) in [7, 11) is 0. The molecule has 1 saturated heterocycles. The first-order valence-electron chi connectivity index (χ1n) is 9.11. The molecule has 0 spiro atoms. The Morgan fingerprint density at radius 2 is 1.96 bits per heavy atom. The van der Waals surface area contributed by atoms with Gasteiger partial charge in [0.15, 0.2) is 0 Å². The topological polar surface area (TPSA) is 53.7 Å². The van der Waals surface area contributed by atoms with Crippen molar-refractivity contribution >= 4 is 11.0 Å². The van der Waals surface area contributed by atoms with E-state index < -0.39 is 0 Å². The number of hydrogen-bond donors (Lipinski definition) is 1. The van der Waals surface area contributed by atoms with Crippen LogP contribution in [0.25, 0.3) is 11.0 Å². The lowest BCUT2D eigenvalue weighted by Crippen LogP contribution is -2.46. The zero-order chi connectivity index (χ0) is 16.7. The van der Waals surface area contributed by atoms with E-state index in [1.165, 1.54) is 17.5 Å². The molecule has 0 amide bonds. The van der Waals surface area contributed by atoms with Gasteiger partial charge >= 0.3 is 5.63 Å². The Kier molecular flexibility index (Phi) is 4.19. The Bertz CT molecular complexity index is 810. The van der Waals surface area contributed by atoms with E-state index in [0.717, 1.165) is 43.1 Å². The number of aliphatic hydroxyl groups excluding tert-OH is 1. The molecule has 24 heavy (non-hydrogen) atoms. The molecule has 2 heterocycles. The van der Waals surface area contributed by atoms with Crippen molar-refractivity contribution in [3.8, 4) is 0 Å². The van der Waals surface area contributed by atoms with E-state index in [1.54, 1.807) is 6.07 Å². The van der Waals surface area contributed by atoms with E-state index >= 15 is 0 Å². The van der Waals surface area contributed by atoms with Gasteiger partial charge in [-0.2, -0.15) is 0 Å². The predicted octanol–water partition coefficient (Wildman–Crippen LogP) is 3.02. The highest BCUT2D eigenvalue weighted by molar-refractivity contribution is 5.82. The lowest BCUT2D eigenvalue weighted by atomic mass is 9.95. The van der Waals surface area contributed by atoms with Gasteiger partial charge in [-0.05, 0) is 67.9 Å². The van der Waals surface area contributed by atoms with Gasteiger partial charge in [-0.15, -0.1) is 0 Å². The van der Waals surface area contributed by atoms with Crippen LogP contribution in [0, 0.1) is 0 Å². The monoisotopic (exact) mass is 327 g/mol. The van der Waals surface area contributed by atoms with E-state index in [2.05, 4.69) is 24.0 Å². The highest BCUT2D eigenvalue weighted by Gasteiger charge is 2.28. The Morgan fingerprint density at radius 3 is 2.75 bits per heavy atom. The molecule has 2 aromatic rings. The first-order chi connectivity index (χ1) is 11.7. The number of rotatable bonds is 3. The van der Waals surface area contributed by atoms with E-state index in [4.69, 9.17) is 4.42 Å². The summed E-state index contributed by atoms with van der Waals surface area (Å²) in [6.07, 6.45) is 6.70. The molecule has 0 bridgehead atoms. The molecule has 1 aromatic heterocycles. The fraction of sp³-hybridized carbons (Fsp3) is 0.550. The van der Waals surface area contributed by atoms with Crippen LogP contribution < -0.4 is 5.63 Å². The minimum Gasteiger partial charge on any atom is -0.423 e. The van der Waals surface area contributed by atoms with Crippen LogP contribution in [0.2, 0.25) is 0 Å². The van der Waals surface area contributed by atoms with E-state index in [9.17, 15) is 9.90 Å². The summed E-state index contributed by atoms with van der Waals surface area (Å²) >= 11 is 0. The summed E-state index contributed by atoms with van der Waals surface area (Å²) in [5.74, 6) is 0. The second-order valence-corrected chi connectivity index (χ2v) is 7.35. The summed E-state index contributed by atoms with van der Waals surface area (Å²) in [6, 6.07) is 6.53. The molecule has 1 aliphatic carbocycles. The van der Waals surface area contributed by atoms with Crippen molar-refractivity contribution < 1.29 is 9.52 Å². The second kappa shape index (κ2) is 6.34. The van der Waals surface area contributed by atoms with E-state index in [1.807, 2.05) is 0 Å². The van der Waals surface area contributed by atoms with Gasteiger partial charge in [0.05, 0.1) is 6.61 Å². The number of aryl methyl sites for hydroxylation is 2. The average molecular weight is 327 g/mol. The van der Waals surface area contributed by atoms with Gasteiger partial charge in [0.1, 0.15) is 5.58 Å². The second-order valence-electron chi connectivity index (χ2n) is 7.35. The highest BCUT2D eigenvalue weighted by Crippen LogP contribution is 2.31. The number of benzene rings is 1. The van der Waals surface area contributed by atoms with Crippen molar-refractivity contribution in [2.45, 2.75) is 64.1 Å². The van der Waals surface area contributed by atoms with Crippen molar-refractivity contribution in [2.24, 2.45) is 0 Å². The molecule has 1 aromatic carbocycles. The van der Waals surface area contributed by atoms with Crippen molar-refractivity contribution in [3.63, 3.8) is 0 Å². The van der Waals surface area contributed by atoms with Crippen LogP contribution >= 0.6 is 0 Å². The summed E-state index contributed by atoms with van der Waals surface area (Å²) in [4.78, 5) is 14.4. The Labute approximate surface area is 142 Å². The van der Waals surface area contributed by atoms with Crippen molar-refractivity contribution in [2.75, 3.05) is 6.61 Å². The standard InChI is InChI=1S/C20H25NO3/c1-13-4-2-7-17(12-22)21(13)11-16-10-20(23)24-19-9-15-6-3-5-14(15)8-18(16)19/h8-10,13,17,22H,2-7,11-12H2,1H3. The van der Waals surface area contributed by atoms with Crippen LogP contribution in [-0.4, -0.2) is 28.7 Å². The number of fused-ring (bicyclic) bond motifs is 2. The maximum atomic E-state index is 12.0. The molecular weight excluding hydrogens is 302 g/mol. The van der Waals surface area contributed by atoms with Gasteiger partial charge in [0, 0.05) is 30.1 Å². The quantitative estimate of drug-likeness (QED) is 0.881. The molecule has 128 valence electrons. The first kappa shape index (κ1) is 15.9. The molecule has 4 rings (SSSR count). The van der Waals surface area contributed by atoms with Gasteiger partial charge in [0.2, 0.25) is 0 Å². The van der Waals surface area contributed by atoms with E-state index in [-0.39, 0.29) is 18.3 Å². The van der Waals surface area contributed by atoms with Crippen LogP contribution in [0.4, 0.5) is 0 Å². The number of piperidine rings is 1. The summed E-state index contributed by atoms with van der Waals surface area (Å²) in [6.45, 7) is 3.10. The van der Waals surface area contributed by atoms with E-state index in [0.29, 0.717) is 18.2 Å². The Morgan fingerprint density at radius 1 is 1.17 bits per heavy atom. The third kappa shape index (κ3) is 2.78. The minimum atomic E-state index is -0.277. The van der Waals surface area contributed by atoms with Gasteiger partial charge < -0.3 is 9.52 Å². The molecule has 0 radical (unpaired) electrons. The van der Waals surface area contributed by atoms with Gasteiger partial charge in [-0.1, -0.05) is 6.42 Å². The molecule has 1 aliphatic heterocycles. The zero-order valence-electron chi connectivity index (χ0n) is 14.3. The smallest absolute Gasteiger partial charge is 0.336 e. The fourth-order valence-corrected chi connectivity index (χ4v) is 4.44. The Balaban J connectivity index is 1.76. The number of hydrogen-bond acceptors (Lipinski definition) is 4. The largest absolute Gasteiger partial charge is 0.423 e. The molecule has 4 nitrogen and oxygen atoms in total. The van der Waals surface area contributed by atoms with Crippen LogP contribution in [0.1, 0.15) is 49.3 Å². The summed E-state index contributed by atoms with van der Waals surface area (Å²) in [5, 5.41) is 10.8. The van der Waals surface area contributed by atoms with Crippen molar-refractivity contribution in [1.82, 2.24) is 4.90 Å². The third-order valence-corrected chi connectivity index (χ3v) is 5.80. The number of aliphatic hydroxyl groups is 1. The zero-order valence-corrected chi connectivity index (χ0v) is 14.3. The van der Waals surface area contributed by atoms with Crippen LogP contribution in [0.15, 0.2) is 27.4 Å². The fourth-order valence-electron chi connectivity index (χ4n) is 4.44. The molecule has 1 N–H and O–H groups in total. The van der Waals surface area contributed by atoms with Gasteiger partial charge in [-0.25, -0.2) is 4.79 Å². The van der Waals surface area contributed by atoms with Crippen LogP contribution in [0.3, 0.4) is 0 Å². The maximum absolute atomic E-state index is 12.0. The Hall–Kier alpha value is -1.65. The SMILES string of the molecule is CC1CCCC(CO)N1Cc1cc(=O)oc2cc3c(cc12)CCC3. The summed E-state index contributed by atoms with van der Waals surface area (Å²) < 4.78 is 5.47. The third-order valence-electron chi connectivity index (χ3n) is 5.80. The maximum Gasteiger partial charge on any atom is 0.336 e. The molecule has 4 heteroatoms. The van der Waals surface area contributed by atoms with Crippen molar-refractivity contribution in [1.29, 1.82) is 0 Å². The number of nitrogens with zero attached hydrogens (tertiary/aromatic N) is 1. The average Bonchev–Trinajstić information content (AvgIpc) is 3.02. The van der Waals surface area contributed by atoms with Crippen LogP contribution in [0.5, 0.6) is 0 Å². The minimum absolute atomic E-state index is 0.180. The lowest BCUT2D eigenvalue weighted by Gasteiger charge is -2.40. The predicted molar refractivity (Wildman–Crippen MR) is 94.2 cm³/mol. The molecule has 2 atom stereocenters. The molecular formula is C20H25NO3. The van der Waals surface area contributed by atoms with Gasteiger partial charge in [-0.3, -0.25) is 4.90 Å². The summed E-state index contributed by atoms with van der Waals surface area (Å²) in [5.41, 5.74) is 4.18. The number of likely N-dealkylation sites (tertiary alicyclic amines) is 1. The van der Waals surface area contributed by atoms with Crippen LogP contribution in [-0.2, 0) is 19.4 Å². The normalized spacial score (nSPS) is 24.4. The molecule has 1 fully saturated rings. The molecule has 2 aliphatic rings. The molecule has 2 unspecified atom stereocenters. The van der Waals surface area contributed by atoms with Gasteiger partial charge in [0.25, 0.3) is 0 Å².